The van der Waals surface area contributed by atoms with E-state index >= 15 is 0 Å². The molecule has 0 radical (unpaired) electrons. The number of rotatable bonds is 5. The third kappa shape index (κ3) is 4.27. The van der Waals surface area contributed by atoms with Gasteiger partial charge in [-0.05, 0) is 72.5 Å². The summed E-state index contributed by atoms with van der Waals surface area (Å²) in [5, 5.41) is 11.4. The number of aryl methyl sites for hydroxylation is 1. The number of hydrogen-bond acceptors (Lipinski definition) is 6. The first-order valence-electron chi connectivity index (χ1n) is 12.2. The first-order valence-corrected chi connectivity index (χ1v) is 12.2. The first-order chi connectivity index (χ1) is 17.8. The summed E-state index contributed by atoms with van der Waals surface area (Å²) < 4.78 is 10.5. The topological polar surface area (TPSA) is 93.1 Å². The number of amides is 1. The predicted molar refractivity (Wildman–Crippen MR) is 139 cm³/mol. The van der Waals surface area contributed by atoms with E-state index in [9.17, 15) is 19.5 Å². The molecule has 2 heterocycles. The van der Waals surface area contributed by atoms with E-state index < -0.39 is 23.7 Å². The van der Waals surface area contributed by atoms with Gasteiger partial charge < -0.3 is 14.6 Å². The lowest BCUT2D eigenvalue weighted by atomic mass is 9.93. The van der Waals surface area contributed by atoms with Crippen molar-refractivity contribution in [3.05, 3.63) is 100 Å². The van der Waals surface area contributed by atoms with Gasteiger partial charge in [0.15, 0.2) is 0 Å². The lowest BCUT2D eigenvalue weighted by Crippen LogP contribution is -2.29. The van der Waals surface area contributed by atoms with Gasteiger partial charge in [-0.25, -0.2) is 4.79 Å². The van der Waals surface area contributed by atoms with Gasteiger partial charge in [-0.2, -0.15) is 0 Å². The molecule has 2 atom stereocenters. The van der Waals surface area contributed by atoms with Crippen molar-refractivity contribution in [1.29, 1.82) is 0 Å². The molecule has 0 aliphatic carbocycles. The van der Waals surface area contributed by atoms with Crippen LogP contribution in [0.2, 0.25) is 0 Å². The number of nitrogens with zero attached hydrogens (tertiary/aromatic N) is 1. The van der Waals surface area contributed by atoms with Gasteiger partial charge in [0, 0.05) is 17.7 Å². The number of hydrogen-bond donors (Lipinski definition) is 1. The molecule has 7 heteroatoms. The van der Waals surface area contributed by atoms with Crippen LogP contribution in [0.4, 0.5) is 5.69 Å². The zero-order valence-electron chi connectivity index (χ0n) is 20.9. The van der Waals surface area contributed by atoms with Gasteiger partial charge >= 0.3 is 5.97 Å². The average molecular weight is 498 g/mol. The molecule has 0 aromatic heterocycles. The summed E-state index contributed by atoms with van der Waals surface area (Å²) in [6, 6.07) is 18.4. The van der Waals surface area contributed by atoms with E-state index in [0.29, 0.717) is 28.8 Å². The van der Waals surface area contributed by atoms with Crippen LogP contribution in [0, 0.1) is 0 Å². The summed E-state index contributed by atoms with van der Waals surface area (Å²) in [5.74, 6) is -1.52. The molecule has 7 nitrogen and oxygen atoms in total. The quantitative estimate of drug-likeness (QED) is 0.231. The van der Waals surface area contributed by atoms with Crippen molar-refractivity contribution in [3.8, 4) is 5.75 Å². The summed E-state index contributed by atoms with van der Waals surface area (Å²) in [4.78, 5) is 40.1. The molecule has 0 spiro atoms. The van der Waals surface area contributed by atoms with Crippen molar-refractivity contribution in [2.75, 3.05) is 12.0 Å². The number of carbonyl (C=O) groups is 3. The maximum absolute atomic E-state index is 13.4. The van der Waals surface area contributed by atoms with E-state index in [1.54, 1.807) is 36.4 Å². The molecule has 2 aliphatic heterocycles. The molecular formula is C30H27NO6. The lowest BCUT2D eigenvalue weighted by molar-refractivity contribution is -0.132. The molecule has 0 bridgehead atoms. The molecule has 1 N–H and O–H groups in total. The number of ketones is 1. The third-order valence-electron chi connectivity index (χ3n) is 6.88. The first kappa shape index (κ1) is 24.3. The van der Waals surface area contributed by atoms with Crippen LogP contribution in [-0.2, 0) is 27.2 Å². The Morgan fingerprint density at radius 3 is 2.35 bits per heavy atom. The van der Waals surface area contributed by atoms with E-state index in [4.69, 9.17) is 9.47 Å². The minimum atomic E-state index is -0.849. The molecular weight excluding hydrogens is 470 g/mol. The highest BCUT2D eigenvalue weighted by Crippen LogP contribution is 2.43. The standard InChI is InChI=1S/C30H27NO6/c1-4-18-5-7-19(8-6-18)26-25(27(32)21-11-14-24-22(16-21)15-17(2)37-24)28(33)29(34)31(26)23-12-9-20(10-13-23)30(35)36-3/h5-14,16-17,26,32H,4,15H2,1-3H3/b27-25-. The predicted octanol–water partition coefficient (Wildman–Crippen LogP) is 4.99. The van der Waals surface area contributed by atoms with Crippen LogP contribution in [0.1, 0.15) is 52.5 Å². The second-order valence-corrected chi connectivity index (χ2v) is 9.26. The normalized spacial score (nSPS) is 20.0. The van der Waals surface area contributed by atoms with Crippen LogP contribution in [0.15, 0.2) is 72.3 Å². The smallest absolute Gasteiger partial charge is 0.337 e. The molecule has 0 saturated carbocycles. The van der Waals surface area contributed by atoms with Gasteiger partial charge in [-0.15, -0.1) is 0 Å². The number of anilines is 1. The summed E-state index contributed by atoms with van der Waals surface area (Å²) >= 11 is 0. The Bertz CT molecular complexity index is 1420. The Morgan fingerprint density at radius 1 is 1.03 bits per heavy atom. The average Bonchev–Trinajstić information content (AvgIpc) is 3.43. The number of fused-ring (bicyclic) bond motifs is 1. The number of carbonyl (C=O) groups excluding carboxylic acids is 3. The molecule has 37 heavy (non-hydrogen) atoms. The highest BCUT2D eigenvalue weighted by Gasteiger charge is 2.47. The molecule has 1 fully saturated rings. The number of Topliss-reactive ketones (excluding diaryl/α,β-unsaturated/α-hetero) is 1. The fourth-order valence-electron chi connectivity index (χ4n) is 4.95. The van der Waals surface area contributed by atoms with Crippen molar-refractivity contribution in [1.82, 2.24) is 0 Å². The van der Waals surface area contributed by atoms with E-state index in [0.717, 1.165) is 23.3 Å². The van der Waals surface area contributed by atoms with Crippen LogP contribution >= 0.6 is 0 Å². The van der Waals surface area contributed by atoms with Gasteiger partial charge in [0.05, 0.1) is 24.3 Å². The van der Waals surface area contributed by atoms with Crippen LogP contribution in [0.3, 0.4) is 0 Å². The number of methoxy groups -OCH3 is 1. The Balaban J connectivity index is 1.65. The minimum Gasteiger partial charge on any atom is -0.507 e. The highest BCUT2D eigenvalue weighted by molar-refractivity contribution is 6.51. The molecule has 1 amide bonds. The Labute approximate surface area is 214 Å². The van der Waals surface area contributed by atoms with Crippen LogP contribution in [-0.4, -0.2) is 36.0 Å². The maximum atomic E-state index is 13.4. The fourth-order valence-corrected chi connectivity index (χ4v) is 4.95. The zero-order valence-corrected chi connectivity index (χ0v) is 20.9. The van der Waals surface area contributed by atoms with Crippen LogP contribution in [0.25, 0.3) is 5.76 Å². The van der Waals surface area contributed by atoms with Crippen molar-refractivity contribution < 1.29 is 29.0 Å². The molecule has 3 aromatic rings. The minimum absolute atomic E-state index is 0.0122. The Kier molecular flexibility index (Phi) is 6.29. The van der Waals surface area contributed by atoms with Gasteiger partial charge in [0.2, 0.25) is 0 Å². The largest absolute Gasteiger partial charge is 0.507 e. The second-order valence-electron chi connectivity index (χ2n) is 9.26. The molecule has 2 unspecified atom stereocenters. The Hall–Kier alpha value is -4.39. The molecule has 1 saturated heterocycles. The third-order valence-corrected chi connectivity index (χ3v) is 6.88. The number of ether oxygens (including phenoxy) is 2. The van der Waals surface area contributed by atoms with Crippen LogP contribution in [0.5, 0.6) is 5.75 Å². The Morgan fingerprint density at radius 2 is 1.70 bits per heavy atom. The van der Waals surface area contributed by atoms with Crippen molar-refractivity contribution >= 4 is 29.1 Å². The van der Waals surface area contributed by atoms with Gasteiger partial charge in [0.1, 0.15) is 17.6 Å². The lowest BCUT2D eigenvalue weighted by Gasteiger charge is -2.25. The van der Waals surface area contributed by atoms with E-state index in [2.05, 4.69) is 0 Å². The number of aliphatic hydroxyl groups excluding tert-OH is 1. The highest BCUT2D eigenvalue weighted by atomic mass is 16.5. The number of benzene rings is 3. The molecule has 3 aromatic carbocycles. The van der Waals surface area contributed by atoms with Crippen LogP contribution < -0.4 is 9.64 Å². The summed E-state index contributed by atoms with van der Waals surface area (Å²) in [7, 11) is 1.29. The molecule has 5 rings (SSSR count). The maximum Gasteiger partial charge on any atom is 0.337 e. The van der Waals surface area contributed by atoms with E-state index in [1.807, 2.05) is 44.2 Å². The number of esters is 1. The van der Waals surface area contributed by atoms with Crippen molar-refractivity contribution in [2.24, 2.45) is 0 Å². The molecule has 2 aliphatic rings. The van der Waals surface area contributed by atoms with Gasteiger partial charge in [0.25, 0.3) is 11.7 Å². The molecule has 188 valence electrons. The van der Waals surface area contributed by atoms with E-state index in [-0.39, 0.29) is 17.4 Å². The van der Waals surface area contributed by atoms with Gasteiger partial charge in [-0.3, -0.25) is 14.5 Å². The van der Waals surface area contributed by atoms with E-state index in [1.165, 1.54) is 12.0 Å². The fraction of sp³-hybridized carbons (Fsp3) is 0.233. The van der Waals surface area contributed by atoms with Crippen molar-refractivity contribution in [3.63, 3.8) is 0 Å². The van der Waals surface area contributed by atoms with Crippen molar-refractivity contribution in [2.45, 2.75) is 38.8 Å². The summed E-state index contributed by atoms with van der Waals surface area (Å²) in [6.07, 6.45) is 1.56. The monoisotopic (exact) mass is 497 g/mol. The summed E-state index contributed by atoms with van der Waals surface area (Å²) in [6.45, 7) is 4.01. The zero-order chi connectivity index (χ0) is 26.3. The summed E-state index contributed by atoms with van der Waals surface area (Å²) in [5.41, 5.74) is 3.94. The second kappa shape index (κ2) is 9.58. The van der Waals surface area contributed by atoms with Gasteiger partial charge in [-0.1, -0.05) is 31.2 Å². The SMILES string of the molecule is CCc1ccc(C2/C(=C(/O)c3ccc4c(c3)CC(C)O4)C(=O)C(=O)N2c2ccc(C(=O)OC)cc2)cc1. The number of aliphatic hydroxyl groups is 1.